The molecule has 0 amide bonds. The van der Waals surface area contributed by atoms with Crippen LogP contribution in [0, 0.1) is 5.82 Å². The van der Waals surface area contributed by atoms with Gasteiger partial charge in [0, 0.05) is 29.4 Å². The minimum Gasteiger partial charge on any atom is -0.384 e. The first-order chi connectivity index (χ1) is 8.70. The predicted octanol–water partition coefficient (Wildman–Crippen LogP) is 4.06. The molecule has 1 aromatic carbocycles. The van der Waals surface area contributed by atoms with Crippen LogP contribution >= 0.6 is 15.9 Å². The fraction of sp³-hybridized carbons (Fsp3) is 0.357. The van der Waals surface area contributed by atoms with E-state index >= 15 is 0 Å². The van der Waals surface area contributed by atoms with Gasteiger partial charge >= 0.3 is 0 Å². The maximum Gasteiger partial charge on any atom is 0.139 e. The van der Waals surface area contributed by atoms with Gasteiger partial charge in [-0.2, -0.15) is 0 Å². The first kappa shape index (κ1) is 11.9. The van der Waals surface area contributed by atoms with E-state index in [0.29, 0.717) is 4.47 Å². The average molecular weight is 309 g/mol. The van der Waals surface area contributed by atoms with Gasteiger partial charge < -0.3 is 5.32 Å². The number of aromatic nitrogens is 1. The lowest BCUT2D eigenvalue weighted by Gasteiger charge is -2.14. The highest BCUT2D eigenvalue weighted by Gasteiger charge is 2.20. The number of aryl methyl sites for hydroxylation is 1. The Balaban J connectivity index is 2.34. The summed E-state index contributed by atoms with van der Waals surface area (Å²) in [5.41, 5.74) is 4.31. The third kappa shape index (κ3) is 1.79. The van der Waals surface area contributed by atoms with Gasteiger partial charge in [0.05, 0.1) is 9.99 Å². The zero-order valence-electron chi connectivity index (χ0n) is 10.2. The molecule has 2 nitrogen and oxygen atoms in total. The third-order valence-electron chi connectivity index (χ3n) is 3.41. The first-order valence-electron chi connectivity index (χ1n) is 6.25. The van der Waals surface area contributed by atoms with Crippen molar-refractivity contribution in [3.8, 4) is 0 Å². The Hall–Kier alpha value is -1.16. The molecule has 0 fully saturated rings. The van der Waals surface area contributed by atoms with Crippen molar-refractivity contribution < 1.29 is 4.39 Å². The quantitative estimate of drug-likeness (QED) is 0.905. The van der Waals surface area contributed by atoms with Gasteiger partial charge in [0.2, 0.25) is 0 Å². The lowest BCUT2D eigenvalue weighted by molar-refractivity contribution is 0.622. The molecule has 0 aliphatic heterocycles. The van der Waals surface area contributed by atoms with Gasteiger partial charge in [-0.1, -0.05) is 0 Å². The molecule has 1 aliphatic rings. The molecule has 2 aromatic rings. The molecule has 0 bridgehead atoms. The largest absolute Gasteiger partial charge is 0.384 e. The molecular formula is C14H14BrFN2. The highest BCUT2D eigenvalue weighted by molar-refractivity contribution is 9.10. The molecule has 1 N–H and O–H groups in total. The van der Waals surface area contributed by atoms with Gasteiger partial charge in [-0.05, 0) is 53.7 Å². The second-order valence-corrected chi connectivity index (χ2v) is 5.43. The molecule has 0 atom stereocenters. The SMILES string of the molecule is CCNc1c2c(nc3cc(F)c(Br)cc13)CCC2. The van der Waals surface area contributed by atoms with Gasteiger partial charge in [-0.25, -0.2) is 4.39 Å². The Morgan fingerprint density at radius 1 is 1.39 bits per heavy atom. The fourth-order valence-corrected chi connectivity index (χ4v) is 2.98. The molecule has 0 saturated carbocycles. The summed E-state index contributed by atoms with van der Waals surface area (Å²) in [7, 11) is 0. The van der Waals surface area contributed by atoms with Crippen molar-refractivity contribution in [2.75, 3.05) is 11.9 Å². The molecule has 3 rings (SSSR count). The van der Waals surface area contributed by atoms with Crippen molar-refractivity contribution in [3.63, 3.8) is 0 Å². The third-order valence-corrected chi connectivity index (χ3v) is 4.02. The van der Waals surface area contributed by atoms with Crippen LogP contribution in [0.5, 0.6) is 0 Å². The maximum absolute atomic E-state index is 13.6. The molecule has 0 saturated heterocycles. The van der Waals surface area contributed by atoms with Gasteiger partial charge in [0.15, 0.2) is 0 Å². The number of fused-ring (bicyclic) bond motifs is 2. The first-order valence-corrected chi connectivity index (χ1v) is 7.04. The van der Waals surface area contributed by atoms with E-state index in [9.17, 15) is 4.39 Å². The molecular weight excluding hydrogens is 295 g/mol. The van der Waals surface area contributed by atoms with Crippen LogP contribution in [-0.2, 0) is 12.8 Å². The second kappa shape index (κ2) is 4.50. The van der Waals surface area contributed by atoms with Crippen LogP contribution in [0.15, 0.2) is 16.6 Å². The summed E-state index contributed by atoms with van der Waals surface area (Å²) in [5.74, 6) is -0.254. The Bertz CT molecular complexity index is 625. The van der Waals surface area contributed by atoms with Crippen molar-refractivity contribution >= 4 is 32.5 Å². The van der Waals surface area contributed by atoms with E-state index in [4.69, 9.17) is 0 Å². The van der Waals surface area contributed by atoms with Gasteiger partial charge in [0.1, 0.15) is 5.82 Å². The van der Waals surface area contributed by atoms with E-state index in [-0.39, 0.29) is 5.82 Å². The lowest BCUT2D eigenvalue weighted by Crippen LogP contribution is -2.03. The van der Waals surface area contributed by atoms with Crippen LogP contribution in [-0.4, -0.2) is 11.5 Å². The van der Waals surface area contributed by atoms with Crippen LogP contribution in [0.25, 0.3) is 10.9 Å². The molecule has 94 valence electrons. The molecule has 18 heavy (non-hydrogen) atoms. The van der Waals surface area contributed by atoms with Crippen molar-refractivity contribution in [2.24, 2.45) is 0 Å². The van der Waals surface area contributed by atoms with Crippen LogP contribution < -0.4 is 5.32 Å². The normalized spacial score (nSPS) is 13.9. The number of benzene rings is 1. The van der Waals surface area contributed by atoms with Crippen molar-refractivity contribution in [3.05, 3.63) is 33.7 Å². The molecule has 0 unspecified atom stereocenters. The number of hydrogen-bond donors (Lipinski definition) is 1. The molecule has 1 heterocycles. The van der Waals surface area contributed by atoms with E-state index in [1.54, 1.807) is 0 Å². The summed E-state index contributed by atoms with van der Waals surface area (Å²) in [4.78, 5) is 4.60. The van der Waals surface area contributed by atoms with Gasteiger partial charge in [-0.3, -0.25) is 4.98 Å². The van der Waals surface area contributed by atoms with Gasteiger partial charge in [0.25, 0.3) is 0 Å². The number of anilines is 1. The fourth-order valence-electron chi connectivity index (χ4n) is 2.64. The molecule has 1 aliphatic carbocycles. The Labute approximate surface area is 114 Å². The Kier molecular flexibility index (Phi) is 2.98. The molecule has 0 radical (unpaired) electrons. The highest BCUT2D eigenvalue weighted by atomic mass is 79.9. The van der Waals surface area contributed by atoms with Crippen LogP contribution in [0.4, 0.5) is 10.1 Å². The highest BCUT2D eigenvalue weighted by Crippen LogP contribution is 2.35. The average Bonchev–Trinajstić information content (AvgIpc) is 2.79. The van der Waals surface area contributed by atoms with Crippen molar-refractivity contribution in [1.82, 2.24) is 4.98 Å². The molecule has 4 heteroatoms. The summed E-state index contributed by atoms with van der Waals surface area (Å²) in [6, 6.07) is 3.34. The number of rotatable bonds is 2. The smallest absolute Gasteiger partial charge is 0.139 e. The Morgan fingerprint density at radius 3 is 3.00 bits per heavy atom. The zero-order chi connectivity index (χ0) is 12.7. The van der Waals surface area contributed by atoms with Crippen LogP contribution in [0.1, 0.15) is 24.6 Å². The van der Waals surface area contributed by atoms with Crippen molar-refractivity contribution in [1.29, 1.82) is 0 Å². The van der Waals surface area contributed by atoms with E-state index in [0.717, 1.165) is 48.1 Å². The number of hydrogen-bond acceptors (Lipinski definition) is 2. The second-order valence-electron chi connectivity index (χ2n) is 4.58. The van der Waals surface area contributed by atoms with E-state index in [2.05, 4.69) is 33.2 Å². The number of nitrogens with zero attached hydrogens (tertiary/aromatic N) is 1. The monoisotopic (exact) mass is 308 g/mol. The topological polar surface area (TPSA) is 24.9 Å². The standard InChI is InChI=1S/C14H14BrFN2/c1-2-17-14-8-4-3-5-12(8)18-13-7-11(16)10(15)6-9(13)14/h6-7H,2-5H2,1H3,(H,17,18). The molecule has 1 aromatic heterocycles. The van der Waals surface area contributed by atoms with E-state index in [1.807, 2.05) is 6.07 Å². The minimum atomic E-state index is -0.254. The van der Waals surface area contributed by atoms with E-state index in [1.165, 1.54) is 11.6 Å². The van der Waals surface area contributed by atoms with Crippen LogP contribution in [0.2, 0.25) is 0 Å². The number of halogens is 2. The van der Waals surface area contributed by atoms with E-state index < -0.39 is 0 Å². The lowest BCUT2D eigenvalue weighted by atomic mass is 10.1. The minimum absolute atomic E-state index is 0.254. The zero-order valence-corrected chi connectivity index (χ0v) is 11.8. The Morgan fingerprint density at radius 2 is 2.22 bits per heavy atom. The number of pyridine rings is 1. The summed E-state index contributed by atoms with van der Waals surface area (Å²) in [6.07, 6.45) is 3.21. The van der Waals surface area contributed by atoms with Crippen molar-refractivity contribution in [2.45, 2.75) is 26.2 Å². The summed E-state index contributed by atoms with van der Waals surface area (Å²) in [6.45, 7) is 2.94. The molecule has 0 spiro atoms. The predicted molar refractivity (Wildman–Crippen MR) is 75.6 cm³/mol. The number of nitrogens with one attached hydrogen (secondary N) is 1. The van der Waals surface area contributed by atoms with Gasteiger partial charge in [-0.15, -0.1) is 0 Å². The summed E-state index contributed by atoms with van der Waals surface area (Å²) < 4.78 is 14.1. The van der Waals surface area contributed by atoms with Crippen LogP contribution in [0.3, 0.4) is 0 Å². The maximum atomic E-state index is 13.6. The summed E-state index contributed by atoms with van der Waals surface area (Å²) >= 11 is 3.25. The summed E-state index contributed by atoms with van der Waals surface area (Å²) in [5, 5.41) is 4.42.